The van der Waals surface area contributed by atoms with Crippen LogP contribution in [0.25, 0.3) is 0 Å². The molecule has 0 aromatic carbocycles. The summed E-state index contributed by atoms with van der Waals surface area (Å²) in [6.45, 7) is 5.45. The summed E-state index contributed by atoms with van der Waals surface area (Å²) in [5, 5.41) is 6.77. The molecule has 2 aliphatic heterocycles. The first-order valence-corrected chi connectivity index (χ1v) is 7.49. The molecule has 7 heteroatoms. The number of nitrogens with zero attached hydrogens (tertiary/aromatic N) is 5. The molecule has 0 radical (unpaired) electrons. The number of aromatic amines is 1. The van der Waals surface area contributed by atoms with Crippen molar-refractivity contribution >= 4 is 11.7 Å². The standard InChI is InChI=1S/C15H18N6O/c1-9-5-18-19-14(9)15(22)21-7-11-4-12(21)6-20(11)13-3-10(2)16-8-17-13/h3,5,8,11-12H,4,6-7H2,1-2H3,(H,18,19)/t11-,12-/m0/s1. The molecule has 2 saturated heterocycles. The zero-order chi connectivity index (χ0) is 15.3. The predicted octanol–water partition coefficient (Wildman–Crippen LogP) is 0.920. The lowest BCUT2D eigenvalue weighted by atomic mass is 10.2. The summed E-state index contributed by atoms with van der Waals surface area (Å²) >= 11 is 0. The van der Waals surface area contributed by atoms with Gasteiger partial charge >= 0.3 is 0 Å². The molecule has 2 aromatic rings. The molecule has 4 heterocycles. The van der Waals surface area contributed by atoms with E-state index in [9.17, 15) is 4.79 Å². The van der Waals surface area contributed by atoms with Crippen molar-refractivity contribution in [3.8, 4) is 0 Å². The maximum Gasteiger partial charge on any atom is 0.272 e. The molecular formula is C15H18N6O. The number of carbonyl (C=O) groups excluding carboxylic acids is 1. The fourth-order valence-electron chi connectivity index (χ4n) is 3.50. The third-order valence-corrected chi connectivity index (χ3v) is 4.63. The quantitative estimate of drug-likeness (QED) is 0.892. The number of hydrogen-bond acceptors (Lipinski definition) is 5. The Labute approximate surface area is 128 Å². The maximum atomic E-state index is 12.6. The minimum atomic E-state index is 0.0565. The second-order valence-corrected chi connectivity index (χ2v) is 6.10. The molecule has 2 atom stereocenters. The number of amides is 1. The van der Waals surface area contributed by atoms with Crippen LogP contribution in [0.15, 0.2) is 18.6 Å². The highest BCUT2D eigenvalue weighted by molar-refractivity contribution is 5.94. The van der Waals surface area contributed by atoms with Crippen LogP contribution >= 0.6 is 0 Å². The van der Waals surface area contributed by atoms with Crippen molar-refractivity contribution in [1.29, 1.82) is 0 Å². The molecule has 2 bridgehead atoms. The van der Waals surface area contributed by atoms with Crippen LogP contribution < -0.4 is 4.90 Å². The van der Waals surface area contributed by atoms with Crippen LogP contribution in [0.4, 0.5) is 5.82 Å². The van der Waals surface area contributed by atoms with Gasteiger partial charge in [-0.3, -0.25) is 9.89 Å². The number of aromatic nitrogens is 4. The van der Waals surface area contributed by atoms with Gasteiger partial charge in [0, 0.05) is 24.8 Å². The Bertz CT molecular complexity index is 726. The van der Waals surface area contributed by atoms with E-state index in [2.05, 4.69) is 25.1 Å². The second-order valence-electron chi connectivity index (χ2n) is 6.10. The fraction of sp³-hybridized carbons (Fsp3) is 0.467. The summed E-state index contributed by atoms with van der Waals surface area (Å²) in [5.41, 5.74) is 2.47. The maximum absolute atomic E-state index is 12.6. The number of fused-ring (bicyclic) bond motifs is 2. The van der Waals surface area contributed by atoms with Crippen molar-refractivity contribution in [1.82, 2.24) is 25.1 Å². The van der Waals surface area contributed by atoms with Gasteiger partial charge in [0.05, 0.1) is 18.3 Å². The summed E-state index contributed by atoms with van der Waals surface area (Å²) in [5.74, 6) is 1.02. The van der Waals surface area contributed by atoms with Gasteiger partial charge in [0.1, 0.15) is 17.8 Å². The van der Waals surface area contributed by atoms with Crippen molar-refractivity contribution in [3.63, 3.8) is 0 Å². The van der Waals surface area contributed by atoms with Gasteiger partial charge in [0.25, 0.3) is 5.91 Å². The van der Waals surface area contributed by atoms with Gasteiger partial charge in [-0.1, -0.05) is 0 Å². The summed E-state index contributed by atoms with van der Waals surface area (Å²) in [4.78, 5) is 25.4. The van der Waals surface area contributed by atoms with Gasteiger partial charge in [0.2, 0.25) is 0 Å². The first kappa shape index (κ1) is 13.2. The van der Waals surface area contributed by atoms with Crippen molar-refractivity contribution < 1.29 is 4.79 Å². The summed E-state index contributed by atoms with van der Waals surface area (Å²) in [6.07, 6.45) is 4.30. The highest BCUT2D eigenvalue weighted by atomic mass is 16.2. The molecule has 114 valence electrons. The van der Waals surface area contributed by atoms with Gasteiger partial charge in [-0.15, -0.1) is 0 Å². The van der Waals surface area contributed by atoms with Gasteiger partial charge in [-0.25, -0.2) is 9.97 Å². The minimum Gasteiger partial charge on any atom is -0.350 e. The first-order valence-electron chi connectivity index (χ1n) is 7.49. The van der Waals surface area contributed by atoms with Gasteiger partial charge < -0.3 is 9.80 Å². The topological polar surface area (TPSA) is 78.0 Å². The van der Waals surface area contributed by atoms with Crippen LogP contribution in [0.5, 0.6) is 0 Å². The third kappa shape index (κ3) is 1.96. The molecule has 4 rings (SSSR count). The summed E-state index contributed by atoms with van der Waals surface area (Å²) < 4.78 is 0. The van der Waals surface area contributed by atoms with Gasteiger partial charge in [0.15, 0.2) is 0 Å². The molecule has 22 heavy (non-hydrogen) atoms. The Kier molecular flexibility index (Phi) is 2.88. The minimum absolute atomic E-state index is 0.0565. The monoisotopic (exact) mass is 298 g/mol. The smallest absolute Gasteiger partial charge is 0.272 e. The Hall–Kier alpha value is -2.44. The molecule has 1 N–H and O–H groups in total. The molecule has 0 saturated carbocycles. The Morgan fingerprint density at radius 2 is 2.14 bits per heavy atom. The number of aryl methyl sites for hydroxylation is 2. The van der Waals surface area contributed by atoms with Gasteiger partial charge in [-0.2, -0.15) is 5.10 Å². The van der Waals surface area contributed by atoms with Crippen molar-refractivity contribution in [3.05, 3.63) is 35.5 Å². The number of carbonyl (C=O) groups is 1. The SMILES string of the molecule is Cc1cc(N2C[C@@H]3C[C@H]2CN3C(=O)c2[nH]ncc2C)ncn1. The number of hydrogen-bond donors (Lipinski definition) is 1. The lowest BCUT2D eigenvalue weighted by Gasteiger charge is -2.34. The molecule has 7 nitrogen and oxygen atoms in total. The van der Waals surface area contributed by atoms with E-state index >= 15 is 0 Å². The Morgan fingerprint density at radius 3 is 2.77 bits per heavy atom. The Morgan fingerprint density at radius 1 is 1.27 bits per heavy atom. The van der Waals surface area contributed by atoms with Crippen LogP contribution in [-0.2, 0) is 0 Å². The molecule has 0 spiro atoms. The molecule has 2 aliphatic rings. The van der Waals surface area contributed by atoms with E-state index in [0.717, 1.165) is 36.6 Å². The fourth-order valence-corrected chi connectivity index (χ4v) is 3.50. The highest BCUT2D eigenvalue weighted by Gasteiger charge is 2.46. The number of rotatable bonds is 2. The molecule has 2 aromatic heterocycles. The van der Waals surface area contributed by atoms with Crippen molar-refractivity contribution in [2.45, 2.75) is 32.4 Å². The predicted molar refractivity (Wildman–Crippen MR) is 80.7 cm³/mol. The lowest BCUT2D eigenvalue weighted by molar-refractivity contribution is 0.0718. The number of piperazine rings is 1. The number of anilines is 1. The number of nitrogens with one attached hydrogen (secondary N) is 1. The van der Waals surface area contributed by atoms with E-state index in [1.54, 1.807) is 12.5 Å². The zero-order valence-electron chi connectivity index (χ0n) is 12.7. The van der Waals surface area contributed by atoms with Gasteiger partial charge in [-0.05, 0) is 25.8 Å². The van der Waals surface area contributed by atoms with Crippen LogP contribution in [0.2, 0.25) is 0 Å². The van der Waals surface area contributed by atoms with Crippen LogP contribution in [0.1, 0.15) is 28.2 Å². The molecule has 0 unspecified atom stereocenters. The average molecular weight is 298 g/mol. The Balaban J connectivity index is 1.53. The number of likely N-dealkylation sites (tertiary alicyclic amines) is 1. The van der Waals surface area contributed by atoms with E-state index in [-0.39, 0.29) is 11.9 Å². The largest absolute Gasteiger partial charge is 0.350 e. The molecule has 1 amide bonds. The first-order chi connectivity index (χ1) is 10.6. The third-order valence-electron chi connectivity index (χ3n) is 4.63. The lowest BCUT2D eigenvalue weighted by Crippen LogP contribution is -2.49. The summed E-state index contributed by atoms with van der Waals surface area (Å²) in [6, 6.07) is 2.59. The molecule has 2 fully saturated rings. The second kappa shape index (κ2) is 4.79. The van der Waals surface area contributed by atoms with Crippen molar-refractivity contribution in [2.24, 2.45) is 0 Å². The zero-order valence-corrected chi connectivity index (χ0v) is 12.7. The summed E-state index contributed by atoms with van der Waals surface area (Å²) in [7, 11) is 0. The van der Waals surface area contributed by atoms with Crippen LogP contribution in [0, 0.1) is 13.8 Å². The number of H-pyrrole nitrogens is 1. The van der Waals surface area contributed by atoms with E-state index in [4.69, 9.17) is 0 Å². The average Bonchev–Trinajstić information content (AvgIpc) is 3.21. The normalized spacial score (nSPS) is 23.4. The van der Waals surface area contributed by atoms with E-state index in [1.165, 1.54) is 0 Å². The van der Waals surface area contributed by atoms with Crippen molar-refractivity contribution in [2.75, 3.05) is 18.0 Å². The van der Waals surface area contributed by atoms with Crippen LogP contribution in [0.3, 0.4) is 0 Å². The molecular weight excluding hydrogens is 280 g/mol. The van der Waals surface area contributed by atoms with Crippen LogP contribution in [-0.4, -0.2) is 56.1 Å². The van der Waals surface area contributed by atoms with E-state index in [1.807, 2.05) is 24.8 Å². The molecule has 0 aliphatic carbocycles. The van der Waals surface area contributed by atoms with E-state index < -0.39 is 0 Å². The highest BCUT2D eigenvalue weighted by Crippen LogP contribution is 2.34. The van der Waals surface area contributed by atoms with E-state index in [0.29, 0.717) is 11.7 Å².